The van der Waals surface area contributed by atoms with Gasteiger partial charge in [0.25, 0.3) is 0 Å². The number of para-hydroxylation sites is 1. The molecule has 2 heterocycles. The predicted octanol–water partition coefficient (Wildman–Crippen LogP) is 2.16. The monoisotopic (exact) mass is 239 g/mol. The smallest absolute Gasteiger partial charge is 0.0446 e. The van der Waals surface area contributed by atoms with Crippen LogP contribution in [0.15, 0.2) is 48.8 Å². The molecule has 0 saturated carbocycles. The van der Waals surface area contributed by atoms with Crippen LogP contribution in [-0.4, -0.2) is 31.2 Å². The Balaban J connectivity index is 1.99. The maximum atomic E-state index is 4.09. The molecule has 0 atom stereocenters. The summed E-state index contributed by atoms with van der Waals surface area (Å²) in [5.41, 5.74) is 3.85. The van der Waals surface area contributed by atoms with Gasteiger partial charge in [0.05, 0.1) is 0 Å². The van der Waals surface area contributed by atoms with Crippen LogP contribution in [0.25, 0.3) is 11.1 Å². The minimum absolute atomic E-state index is 1.06. The number of hydrogen-bond acceptors (Lipinski definition) is 3. The zero-order valence-corrected chi connectivity index (χ0v) is 10.3. The van der Waals surface area contributed by atoms with Crippen LogP contribution < -0.4 is 10.2 Å². The second-order valence-corrected chi connectivity index (χ2v) is 4.49. The van der Waals surface area contributed by atoms with Gasteiger partial charge in [-0.2, -0.15) is 0 Å². The Hall–Kier alpha value is -1.87. The van der Waals surface area contributed by atoms with E-state index in [2.05, 4.69) is 51.6 Å². The predicted molar refractivity (Wildman–Crippen MR) is 74.8 cm³/mol. The average molecular weight is 239 g/mol. The van der Waals surface area contributed by atoms with Gasteiger partial charge in [0.15, 0.2) is 0 Å². The number of hydrogen-bond donors (Lipinski definition) is 1. The third-order valence-corrected chi connectivity index (χ3v) is 3.35. The van der Waals surface area contributed by atoms with Crippen molar-refractivity contribution in [1.82, 2.24) is 10.3 Å². The van der Waals surface area contributed by atoms with E-state index < -0.39 is 0 Å². The first-order valence-corrected chi connectivity index (χ1v) is 6.40. The van der Waals surface area contributed by atoms with Crippen LogP contribution in [-0.2, 0) is 0 Å². The summed E-state index contributed by atoms with van der Waals surface area (Å²) < 4.78 is 0. The van der Waals surface area contributed by atoms with Crippen molar-refractivity contribution in [3.63, 3.8) is 0 Å². The molecule has 2 aromatic rings. The lowest BCUT2D eigenvalue weighted by Gasteiger charge is -2.31. The number of aromatic nitrogens is 1. The summed E-state index contributed by atoms with van der Waals surface area (Å²) in [5, 5.41) is 3.39. The number of pyridine rings is 1. The van der Waals surface area contributed by atoms with Gasteiger partial charge in [-0.25, -0.2) is 0 Å². The van der Waals surface area contributed by atoms with Gasteiger partial charge in [0.1, 0.15) is 0 Å². The van der Waals surface area contributed by atoms with E-state index >= 15 is 0 Å². The molecule has 1 saturated heterocycles. The molecule has 1 aliphatic heterocycles. The fraction of sp³-hybridized carbons (Fsp3) is 0.267. The molecule has 0 radical (unpaired) electrons. The minimum atomic E-state index is 1.06. The van der Waals surface area contributed by atoms with Crippen LogP contribution in [0.3, 0.4) is 0 Å². The van der Waals surface area contributed by atoms with Gasteiger partial charge in [-0.05, 0) is 23.8 Å². The van der Waals surface area contributed by atoms with Crippen molar-refractivity contribution in [2.75, 3.05) is 31.1 Å². The Labute approximate surface area is 107 Å². The molecule has 1 aromatic heterocycles. The summed E-state index contributed by atoms with van der Waals surface area (Å²) in [6.07, 6.45) is 3.70. The van der Waals surface area contributed by atoms with Crippen molar-refractivity contribution in [3.8, 4) is 11.1 Å². The number of nitrogens with zero attached hydrogens (tertiary/aromatic N) is 2. The Kier molecular flexibility index (Phi) is 3.24. The normalized spacial score (nSPS) is 15.7. The number of anilines is 1. The van der Waals surface area contributed by atoms with E-state index in [1.54, 1.807) is 0 Å². The van der Waals surface area contributed by atoms with Gasteiger partial charge in [-0.1, -0.05) is 18.2 Å². The highest BCUT2D eigenvalue weighted by atomic mass is 15.2. The topological polar surface area (TPSA) is 28.2 Å². The zero-order chi connectivity index (χ0) is 12.2. The Bertz CT molecular complexity index is 504. The summed E-state index contributed by atoms with van der Waals surface area (Å²) in [7, 11) is 0. The number of nitrogens with one attached hydrogen (secondary N) is 1. The SMILES string of the molecule is c1ccc(N2CCNCC2)c(-c2ccncc2)c1. The van der Waals surface area contributed by atoms with E-state index in [9.17, 15) is 0 Å². The lowest BCUT2D eigenvalue weighted by Crippen LogP contribution is -2.43. The molecular formula is C15H17N3. The number of rotatable bonds is 2. The number of benzene rings is 1. The van der Waals surface area contributed by atoms with E-state index in [4.69, 9.17) is 0 Å². The van der Waals surface area contributed by atoms with Crippen LogP contribution in [0.1, 0.15) is 0 Å². The van der Waals surface area contributed by atoms with Crippen molar-refractivity contribution >= 4 is 5.69 Å². The molecule has 0 unspecified atom stereocenters. The first kappa shape index (κ1) is 11.2. The molecule has 3 nitrogen and oxygen atoms in total. The van der Waals surface area contributed by atoms with Crippen molar-refractivity contribution < 1.29 is 0 Å². The van der Waals surface area contributed by atoms with Crippen LogP contribution in [0.4, 0.5) is 5.69 Å². The molecule has 0 amide bonds. The standard InChI is InChI=1S/C15H17N3/c1-2-4-15(18-11-9-17-10-12-18)14(3-1)13-5-7-16-8-6-13/h1-8,17H,9-12H2. The van der Waals surface area contributed by atoms with Gasteiger partial charge in [0.2, 0.25) is 0 Å². The maximum Gasteiger partial charge on any atom is 0.0446 e. The van der Waals surface area contributed by atoms with Gasteiger partial charge in [-0.15, -0.1) is 0 Å². The molecule has 92 valence electrons. The Morgan fingerprint density at radius 1 is 0.944 bits per heavy atom. The zero-order valence-electron chi connectivity index (χ0n) is 10.3. The number of piperazine rings is 1. The van der Waals surface area contributed by atoms with Crippen molar-refractivity contribution in [2.45, 2.75) is 0 Å². The highest BCUT2D eigenvalue weighted by Crippen LogP contribution is 2.30. The fourth-order valence-electron chi connectivity index (χ4n) is 2.43. The molecule has 3 heteroatoms. The highest BCUT2D eigenvalue weighted by Gasteiger charge is 2.14. The molecule has 1 N–H and O–H groups in total. The molecule has 0 aliphatic carbocycles. The summed E-state index contributed by atoms with van der Waals surface area (Å²) in [4.78, 5) is 6.54. The van der Waals surface area contributed by atoms with Crippen molar-refractivity contribution in [2.24, 2.45) is 0 Å². The Morgan fingerprint density at radius 2 is 1.67 bits per heavy atom. The van der Waals surface area contributed by atoms with Crippen molar-refractivity contribution in [1.29, 1.82) is 0 Å². The summed E-state index contributed by atoms with van der Waals surface area (Å²) >= 11 is 0. The average Bonchev–Trinajstić information content (AvgIpc) is 2.49. The van der Waals surface area contributed by atoms with E-state index in [1.165, 1.54) is 16.8 Å². The highest BCUT2D eigenvalue weighted by molar-refractivity contribution is 5.78. The van der Waals surface area contributed by atoms with Crippen LogP contribution in [0.5, 0.6) is 0 Å². The van der Waals surface area contributed by atoms with Crippen LogP contribution >= 0.6 is 0 Å². The molecular weight excluding hydrogens is 222 g/mol. The minimum Gasteiger partial charge on any atom is -0.368 e. The Morgan fingerprint density at radius 3 is 2.44 bits per heavy atom. The van der Waals surface area contributed by atoms with E-state index in [-0.39, 0.29) is 0 Å². The molecule has 1 fully saturated rings. The van der Waals surface area contributed by atoms with E-state index in [0.29, 0.717) is 0 Å². The van der Waals surface area contributed by atoms with Gasteiger partial charge in [-0.3, -0.25) is 4.98 Å². The molecule has 1 aliphatic rings. The lowest BCUT2D eigenvalue weighted by atomic mass is 10.0. The first-order chi connectivity index (χ1) is 8.95. The maximum absolute atomic E-state index is 4.09. The van der Waals surface area contributed by atoms with E-state index in [0.717, 1.165) is 26.2 Å². The lowest BCUT2D eigenvalue weighted by molar-refractivity contribution is 0.589. The van der Waals surface area contributed by atoms with Gasteiger partial charge in [0, 0.05) is 49.8 Å². The molecule has 0 spiro atoms. The van der Waals surface area contributed by atoms with Gasteiger partial charge >= 0.3 is 0 Å². The summed E-state index contributed by atoms with van der Waals surface area (Å²) in [5.74, 6) is 0. The quantitative estimate of drug-likeness (QED) is 0.870. The summed E-state index contributed by atoms with van der Waals surface area (Å²) in [6.45, 7) is 4.26. The van der Waals surface area contributed by atoms with E-state index in [1.807, 2.05) is 12.4 Å². The van der Waals surface area contributed by atoms with Crippen molar-refractivity contribution in [3.05, 3.63) is 48.8 Å². The molecule has 18 heavy (non-hydrogen) atoms. The third-order valence-electron chi connectivity index (χ3n) is 3.35. The second kappa shape index (κ2) is 5.19. The van der Waals surface area contributed by atoms with Crippen LogP contribution in [0, 0.1) is 0 Å². The third kappa shape index (κ3) is 2.22. The fourth-order valence-corrected chi connectivity index (χ4v) is 2.43. The molecule has 0 bridgehead atoms. The second-order valence-electron chi connectivity index (χ2n) is 4.49. The van der Waals surface area contributed by atoms with Gasteiger partial charge < -0.3 is 10.2 Å². The van der Waals surface area contributed by atoms with Crippen LogP contribution in [0.2, 0.25) is 0 Å². The first-order valence-electron chi connectivity index (χ1n) is 6.40. The largest absolute Gasteiger partial charge is 0.368 e. The molecule has 1 aromatic carbocycles. The summed E-state index contributed by atoms with van der Waals surface area (Å²) in [6, 6.07) is 12.7. The molecule has 3 rings (SSSR count).